The fourth-order valence-electron chi connectivity index (χ4n) is 4.69. The van der Waals surface area contributed by atoms with E-state index in [9.17, 15) is 23.1 Å². The predicted molar refractivity (Wildman–Crippen MR) is 110 cm³/mol. The summed E-state index contributed by atoms with van der Waals surface area (Å²) in [5, 5.41) is 13.3. The maximum atomic E-state index is 13.0. The first-order valence-corrected chi connectivity index (χ1v) is 10.3. The van der Waals surface area contributed by atoms with Gasteiger partial charge in [0.2, 0.25) is 0 Å². The van der Waals surface area contributed by atoms with E-state index < -0.39 is 28.4 Å². The van der Waals surface area contributed by atoms with Gasteiger partial charge in [-0.3, -0.25) is 0 Å². The van der Waals surface area contributed by atoms with Crippen LogP contribution in [0.25, 0.3) is 0 Å². The zero-order chi connectivity index (χ0) is 22.4. The highest BCUT2D eigenvalue weighted by atomic mass is 35.5. The summed E-state index contributed by atoms with van der Waals surface area (Å²) in [6, 6.07) is 10.2. The van der Waals surface area contributed by atoms with Crippen LogP contribution in [0.4, 0.5) is 23.7 Å². The fraction of sp³-hybridized carbons (Fsp3) is 0.409. The summed E-state index contributed by atoms with van der Waals surface area (Å²) >= 11 is 5.63. The van der Waals surface area contributed by atoms with E-state index in [0.29, 0.717) is 31.7 Å². The van der Waals surface area contributed by atoms with Crippen molar-refractivity contribution in [2.24, 2.45) is 11.8 Å². The molecule has 2 aromatic carbocycles. The first-order chi connectivity index (χ1) is 14.6. The number of alkyl halides is 3. The van der Waals surface area contributed by atoms with Crippen molar-refractivity contribution in [3.8, 4) is 5.75 Å². The van der Waals surface area contributed by atoms with Gasteiger partial charge in [-0.15, -0.1) is 0 Å². The van der Waals surface area contributed by atoms with Gasteiger partial charge in [-0.2, -0.15) is 13.2 Å². The quantitative estimate of drug-likeness (QED) is 0.676. The van der Waals surface area contributed by atoms with Crippen LogP contribution >= 0.6 is 11.6 Å². The zero-order valence-corrected chi connectivity index (χ0v) is 17.5. The molecule has 4 rings (SSSR count). The van der Waals surface area contributed by atoms with Crippen molar-refractivity contribution < 1.29 is 27.8 Å². The Morgan fingerprint density at radius 2 is 1.87 bits per heavy atom. The van der Waals surface area contributed by atoms with E-state index in [1.54, 1.807) is 12.0 Å². The van der Waals surface area contributed by atoms with Crippen molar-refractivity contribution in [3.63, 3.8) is 0 Å². The third-order valence-corrected chi connectivity index (χ3v) is 6.52. The SMILES string of the molecule is COc1cccc(C2(O)CC3CN(C(=O)Nc4ccc(Cl)c(C(F)(F)F)c4)CC3C2)c1. The second-order valence-corrected chi connectivity index (χ2v) is 8.63. The molecule has 2 aromatic rings. The number of ether oxygens (including phenoxy) is 1. The molecule has 2 aliphatic rings. The van der Waals surface area contributed by atoms with E-state index in [1.807, 2.05) is 24.3 Å². The molecule has 0 aromatic heterocycles. The van der Waals surface area contributed by atoms with Gasteiger partial charge >= 0.3 is 12.2 Å². The number of nitrogens with one attached hydrogen (secondary N) is 1. The van der Waals surface area contributed by atoms with Gasteiger partial charge in [-0.1, -0.05) is 23.7 Å². The molecular weight excluding hydrogens is 433 g/mol. The Morgan fingerprint density at radius 3 is 2.48 bits per heavy atom. The minimum absolute atomic E-state index is 0.0340. The Kier molecular flexibility index (Phi) is 5.55. The second-order valence-electron chi connectivity index (χ2n) is 8.22. The Hall–Kier alpha value is -2.45. The summed E-state index contributed by atoms with van der Waals surface area (Å²) in [5.74, 6) is 0.890. The van der Waals surface area contributed by atoms with E-state index in [1.165, 1.54) is 6.07 Å². The average Bonchev–Trinajstić information content (AvgIpc) is 3.24. The van der Waals surface area contributed by atoms with E-state index in [-0.39, 0.29) is 17.5 Å². The summed E-state index contributed by atoms with van der Waals surface area (Å²) in [5.41, 5.74) is -1.15. The van der Waals surface area contributed by atoms with E-state index in [2.05, 4.69) is 5.32 Å². The molecule has 0 spiro atoms. The van der Waals surface area contributed by atoms with Crippen LogP contribution in [0.15, 0.2) is 42.5 Å². The molecule has 0 bridgehead atoms. The predicted octanol–water partition coefficient (Wildman–Crippen LogP) is 5.13. The molecular formula is C22H22ClF3N2O3. The average molecular weight is 455 g/mol. The Labute approximate surface area is 182 Å². The second kappa shape index (κ2) is 7.91. The highest BCUT2D eigenvalue weighted by molar-refractivity contribution is 6.31. The van der Waals surface area contributed by atoms with Gasteiger partial charge in [0, 0.05) is 18.8 Å². The largest absolute Gasteiger partial charge is 0.497 e. The standard InChI is InChI=1S/C22H22ClF3N2O3/c1-31-17-4-2-3-15(7-17)21(30)9-13-11-28(12-14(13)10-21)20(29)27-16-5-6-19(23)18(8-16)22(24,25)26/h2-8,13-14,30H,9-12H2,1H3,(H,27,29). The molecule has 9 heteroatoms. The van der Waals surface area contributed by atoms with Crippen molar-refractivity contribution in [2.75, 3.05) is 25.5 Å². The van der Waals surface area contributed by atoms with Crippen molar-refractivity contribution in [1.82, 2.24) is 4.90 Å². The molecule has 1 saturated heterocycles. The molecule has 1 saturated carbocycles. The van der Waals surface area contributed by atoms with E-state index in [4.69, 9.17) is 16.3 Å². The van der Waals surface area contributed by atoms with Gasteiger partial charge in [0.05, 0.1) is 23.3 Å². The Morgan fingerprint density at radius 1 is 1.19 bits per heavy atom. The number of carbonyl (C=O) groups is 1. The number of rotatable bonds is 3. The molecule has 0 radical (unpaired) electrons. The number of aliphatic hydroxyl groups is 1. The lowest BCUT2D eigenvalue weighted by Crippen LogP contribution is -2.35. The Balaban J connectivity index is 1.41. The van der Waals surface area contributed by atoms with Crippen LogP contribution in [0.1, 0.15) is 24.0 Å². The number of benzene rings is 2. The molecule has 1 heterocycles. The minimum Gasteiger partial charge on any atom is -0.497 e. The van der Waals surface area contributed by atoms with Gasteiger partial charge in [0.1, 0.15) is 5.75 Å². The summed E-state index contributed by atoms with van der Waals surface area (Å²) in [6.45, 7) is 0.866. The van der Waals surface area contributed by atoms with Gasteiger partial charge < -0.3 is 20.1 Å². The van der Waals surface area contributed by atoms with Crippen LogP contribution in [-0.4, -0.2) is 36.2 Å². The van der Waals surface area contributed by atoms with Gasteiger partial charge in [-0.05, 0) is 60.6 Å². The third-order valence-electron chi connectivity index (χ3n) is 6.19. The summed E-state index contributed by atoms with van der Waals surface area (Å²) in [4.78, 5) is 14.2. The molecule has 2 N–H and O–H groups in total. The number of hydrogen-bond donors (Lipinski definition) is 2. The number of likely N-dealkylation sites (tertiary alicyclic amines) is 1. The number of hydrogen-bond acceptors (Lipinski definition) is 3. The highest BCUT2D eigenvalue weighted by Gasteiger charge is 2.50. The lowest BCUT2D eigenvalue weighted by Gasteiger charge is -2.27. The summed E-state index contributed by atoms with van der Waals surface area (Å²) in [6.07, 6.45) is -3.59. The molecule has 5 nitrogen and oxygen atoms in total. The smallest absolute Gasteiger partial charge is 0.417 e. The third kappa shape index (κ3) is 4.32. The number of carbonyl (C=O) groups excluding carboxylic acids is 1. The number of amides is 2. The first kappa shape index (κ1) is 21.8. The zero-order valence-electron chi connectivity index (χ0n) is 16.7. The van der Waals surface area contributed by atoms with Crippen LogP contribution in [0, 0.1) is 11.8 Å². The molecule has 2 unspecified atom stereocenters. The minimum atomic E-state index is -4.60. The van der Waals surface area contributed by atoms with E-state index in [0.717, 1.165) is 17.7 Å². The van der Waals surface area contributed by atoms with Crippen molar-refractivity contribution in [1.29, 1.82) is 0 Å². The van der Waals surface area contributed by atoms with Gasteiger partial charge in [-0.25, -0.2) is 4.79 Å². The maximum Gasteiger partial charge on any atom is 0.417 e. The number of halogens is 4. The molecule has 1 aliphatic carbocycles. The Bertz CT molecular complexity index is 984. The van der Waals surface area contributed by atoms with Crippen LogP contribution in [0.5, 0.6) is 5.75 Å². The summed E-state index contributed by atoms with van der Waals surface area (Å²) in [7, 11) is 1.57. The maximum absolute atomic E-state index is 13.0. The molecule has 1 aliphatic heterocycles. The summed E-state index contributed by atoms with van der Waals surface area (Å²) < 4.78 is 44.4. The fourth-order valence-corrected chi connectivity index (χ4v) is 4.91. The van der Waals surface area contributed by atoms with Crippen LogP contribution < -0.4 is 10.1 Å². The lowest BCUT2D eigenvalue weighted by atomic mass is 9.90. The normalized spacial score (nSPS) is 25.4. The highest BCUT2D eigenvalue weighted by Crippen LogP contribution is 2.49. The van der Waals surface area contributed by atoms with Crippen molar-refractivity contribution in [3.05, 3.63) is 58.6 Å². The number of nitrogens with zero attached hydrogens (tertiary/aromatic N) is 1. The first-order valence-electron chi connectivity index (χ1n) is 9.88. The van der Waals surface area contributed by atoms with E-state index >= 15 is 0 Å². The van der Waals surface area contributed by atoms with Crippen LogP contribution in [-0.2, 0) is 11.8 Å². The van der Waals surface area contributed by atoms with Gasteiger partial charge in [0.25, 0.3) is 0 Å². The monoisotopic (exact) mass is 454 g/mol. The topological polar surface area (TPSA) is 61.8 Å². The van der Waals surface area contributed by atoms with Crippen molar-refractivity contribution in [2.45, 2.75) is 24.6 Å². The number of urea groups is 1. The lowest BCUT2D eigenvalue weighted by molar-refractivity contribution is -0.137. The number of fused-ring (bicyclic) bond motifs is 1. The molecule has 2 atom stereocenters. The van der Waals surface area contributed by atoms with Gasteiger partial charge in [0.15, 0.2) is 0 Å². The number of anilines is 1. The molecule has 166 valence electrons. The molecule has 2 amide bonds. The molecule has 31 heavy (non-hydrogen) atoms. The number of methoxy groups -OCH3 is 1. The van der Waals surface area contributed by atoms with Crippen LogP contribution in [0.2, 0.25) is 5.02 Å². The molecule has 2 fully saturated rings. The van der Waals surface area contributed by atoms with Crippen LogP contribution in [0.3, 0.4) is 0 Å². The van der Waals surface area contributed by atoms with Crippen molar-refractivity contribution >= 4 is 23.3 Å².